The Morgan fingerprint density at radius 2 is 1.94 bits per heavy atom. The fourth-order valence-corrected chi connectivity index (χ4v) is 6.85. The number of aliphatic hydroxyl groups excluding tert-OH is 1. The van der Waals surface area contributed by atoms with Crippen LogP contribution >= 0.6 is 0 Å². The predicted molar refractivity (Wildman–Crippen MR) is 139 cm³/mol. The van der Waals surface area contributed by atoms with Gasteiger partial charge in [0.05, 0.1) is 11.8 Å². The Bertz CT molecular complexity index is 889. The SMILES string of the molecule is CCC1=CCC(N2CCN(C(C3C=C4C(=CC3)CCC4C(C)O)N(O)O)C[C@]2(C)N)CCC(C)=C1. The van der Waals surface area contributed by atoms with Crippen molar-refractivity contribution in [2.75, 3.05) is 19.6 Å². The summed E-state index contributed by atoms with van der Waals surface area (Å²) >= 11 is 0. The lowest BCUT2D eigenvalue weighted by Gasteiger charge is -2.53. The summed E-state index contributed by atoms with van der Waals surface area (Å²) < 4.78 is 0. The van der Waals surface area contributed by atoms with E-state index in [0.717, 1.165) is 58.0 Å². The lowest BCUT2D eigenvalue weighted by atomic mass is 9.84. The summed E-state index contributed by atoms with van der Waals surface area (Å²) in [6, 6.07) is 0.378. The molecule has 0 aromatic rings. The first kappa shape index (κ1) is 26.7. The van der Waals surface area contributed by atoms with Gasteiger partial charge in [0.2, 0.25) is 0 Å². The summed E-state index contributed by atoms with van der Waals surface area (Å²) in [4.78, 5) is 4.57. The van der Waals surface area contributed by atoms with E-state index in [1.807, 2.05) is 6.92 Å². The molecule has 4 aliphatic rings. The first-order chi connectivity index (χ1) is 16.6. The van der Waals surface area contributed by atoms with E-state index in [1.165, 1.54) is 22.3 Å². The molecule has 1 saturated carbocycles. The second-order valence-electron chi connectivity index (χ2n) is 11.4. The van der Waals surface area contributed by atoms with Gasteiger partial charge in [-0.15, -0.1) is 0 Å². The monoisotopic (exact) mass is 486 g/mol. The molecule has 5 unspecified atom stereocenters. The molecule has 0 amide bonds. The maximum atomic E-state index is 10.4. The molecular formula is C28H46N4O3. The smallest absolute Gasteiger partial charge is 0.121 e. The maximum absolute atomic E-state index is 10.4. The number of nitrogens with zero attached hydrogens (tertiary/aromatic N) is 3. The maximum Gasteiger partial charge on any atom is 0.121 e. The minimum atomic E-state index is -0.577. The van der Waals surface area contributed by atoms with Crippen molar-refractivity contribution in [2.24, 2.45) is 17.6 Å². The number of hydrogen-bond acceptors (Lipinski definition) is 7. The molecule has 7 heteroatoms. The zero-order chi connectivity index (χ0) is 25.3. The highest BCUT2D eigenvalue weighted by molar-refractivity contribution is 5.41. The van der Waals surface area contributed by atoms with Crippen molar-refractivity contribution in [1.29, 1.82) is 0 Å². The summed E-state index contributed by atoms with van der Waals surface area (Å²) in [6.07, 6.45) is 15.1. The quantitative estimate of drug-likeness (QED) is 0.418. The van der Waals surface area contributed by atoms with E-state index in [2.05, 4.69) is 54.9 Å². The zero-order valence-corrected chi connectivity index (χ0v) is 22.0. The molecule has 0 bridgehead atoms. The van der Waals surface area contributed by atoms with Crippen LogP contribution in [0.4, 0.5) is 0 Å². The van der Waals surface area contributed by atoms with Gasteiger partial charge in [-0.3, -0.25) is 20.2 Å². The number of hydrogen-bond donors (Lipinski definition) is 4. The van der Waals surface area contributed by atoms with Crippen LogP contribution in [-0.4, -0.2) is 74.2 Å². The van der Waals surface area contributed by atoms with E-state index in [4.69, 9.17) is 5.73 Å². The standard InChI is InChI=1S/C28H46N4O3/c1-5-21-7-12-24(11-6-19(2)16-21)31-15-14-30(18-28(31,4)29)27(32(34)35)23-9-8-22-10-13-25(20(3)33)26(22)17-23/h7-8,16-17,20,23-25,27,33-35H,5-6,9-15,18,29H2,1-4H3/t20?,23?,24?,25?,27?,28-/m1/s1. The molecule has 0 aromatic heterocycles. The van der Waals surface area contributed by atoms with Crippen molar-refractivity contribution in [3.8, 4) is 0 Å². The molecule has 1 heterocycles. The van der Waals surface area contributed by atoms with Crippen LogP contribution in [0.2, 0.25) is 0 Å². The van der Waals surface area contributed by atoms with Gasteiger partial charge in [0.1, 0.15) is 6.17 Å². The lowest BCUT2D eigenvalue weighted by Crippen LogP contribution is -2.71. The predicted octanol–water partition coefficient (Wildman–Crippen LogP) is 4.18. The number of fused-ring (bicyclic) bond motifs is 1. The largest absolute Gasteiger partial charge is 0.393 e. The fourth-order valence-electron chi connectivity index (χ4n) is 6.85. The third-order valence-corrected chi connectivity index (χ3v) is 8.71. The normalized spacial score (nSPS) is 34.8. The first-order valence-corrected chi connectivity index (χ1v) is 13.5. The van der Waals surface area contributed by atoms with Gasteiger partial charge < -0.3 is 10.8 Å². The molecule has 0 aromatic carbocycles. The Morgan fingerprint density at radius 3 is 2.60 bits per heavy atom. The Balaban J connectivity index is 1.50. The Morgan fingerprint density at radius 1 is 1.17 bits per heavy atom. The van der Waals surface area contributed by atoms with Crippen molar-refractivity contribution in [3.05, 3.63) is 46.6 Å². The third kappa shape index (κ3) is 5.82. The second-order valence-corrected chi connectivity index (χ2v) is 11.4. The molecule has 3 aliphatic carbocycles. The van der Waals surface area contributed by atoms with Crippen LogP contribution in [0, 0.1) is 11.8 Å². The topological polar surface area (TPSA) is 96.4 Å². The van der Waals surface area contributed by atoms with Gasteiger partial charge >= 0.3 is 0 Å². The summed E-state index contributed by atoms with van der Waals surface area (Å²) in [5.74, 6) is 0.0553. The van der Waals surface area contributed by atoms with Gasteiger partial charge in [0.15, 0.2) is 0 Å². The number of allylic oxidation sites excluding steroid dienone is 5. The molecule has 5 N–H and O–H groups in total. The fraction of sp³-hybridized carbons (Fsp3) is 0.714. The highest BCUT2D eigenvalue weighted by atomic mass is 16.8. The van der Waals surface area contributed by atoms with Gasteiger partial charge in [-0.05, 0) is 76.9 Å². The number of nitrogens with two attached hydrogens (primary N) is 1. The van der Waals surface area contributed by atoms with Gasteiger partial charge in [-0.25, -0.2) is 0 Å². The van der Waals surface area contributed by atoms with Crippen molar-refractivity contribution < 1.29 is 15.5 Å². The van der Waals surface area contributed by atoms with Gasteiger partial charge in [-0.1, -0.05) is 47.6 Å². The number of rotatable bonds is 6. The molecule has 2 fully saturated rings. The van der Waals surface area contributed by atoms with Crippen molar-refractivity contribution in [3.63, 3.8) is 0 Å². The Labute approximate surface area is 211 Å². The van der Waals surface area contributed by atoms with E-state index in [0.29, 0.717) is 17.8 Å². The molecule has 0 spiro atoms. The van der Waals surface area contributed by atoms with Crippen LogP contribution in [0.25, 0.3) is 0 Å². The Kier molecular flexibility index (Phi) is 8.38. The molecule has 7 nitrogen and oxygen atoms in total. The summed E-state index contributed by atoms with van der Waals surface area (Å²) in [5, 5.41) is 31.4. The van der Waals surface area contributed by atoms with Crippen molar-refractivity contribution in [1.82, 2.24) is 15.0 Å². The van der Waals surface area contributed by atoms with Crippen LogP contribution in [0.1, 0.15) is 72.6 Å². The minimum Gasteiger partial charge on any atom is -0.393 e. The van der Waals surface area contributed by atoms with Crippen LogP contribution in [0.15, 0.2) is 46.6 Å². The molecule has 1 saturated heterocycles. The molecule has 0 radical (unpaired) electrons. The Hall–Kier alpha value is -1.32. The highest BCUT2D eigenvalue weighted by Gasteiger charge is 2.44. The highest BCUT2D eigenvalue weighted by Crippen LogP contribution is 2.43. The van der Waals surface area contributed by atoms with E-state index in [-0.39, 0.29) is 11.8 Å². The molecule has 35 heavy (non-hydrogen) atoms. The number of piperazine rings is 1. The van der Waals surface area contributed by atoms with Crippen LogP contribution in [0.3, 0.4) is 0 Å². The molecule has 1 aliphatic heterocycles. The average Bonchev–Trinajstić information content (AvgIpc) is 3.20. The molecule has 6 atom stereocenters. The first-order valence-electron chi connectivity index (χ1n) is 13.5. The summed E-state index contributed by atoms with van der Waals surface area (Å²) in [5.41, 5.74) is 11.7. The molecule has 4 rings (SSSR count). The van der Waals surface area contributed by atoms with Crippen molar-refractivity contribution in [2.45, 2.75) is 96.6 Å². The van der Waals surface area contributed by atoms with Crippen LogP contribution < -0.4 is 5.73 Å². The third-order valence-electron chi connectivity index (χ3n) is 8.71. The average molecular weight is 487 g/mol. The lowest BCUT2D eigenvalue weighted by molar-refractivity contribution is -0.364. The van der Waals surface area contributed by atoms with Crippen LogP contribution in [-0.2, 0) is 0 Å². The summed E-state index contributed by atoms with van der Waals surface area (Å²) in [6.45, 7) is 10.4. The van der Waals surface area contributed by atoms with Crippen LogP contribution in [0.5, 0.6) is 0 Å². The summed E-state index contributed by atoms with van der Waals surface area (Å²) in [7, 11) is 0. The van der Waals surface area contributed by atoms with E-state index >= 15 is 0 Å². The zero-order valence-electron chi connectivity index (χ0n) is 22.0. The van der Waals surface area contributed by atoms with E-state index < -0.39 is 17.9 Å². The van der Waals surface area contributed by atoms with E-state index in [1.54, 1.807) is 0 Å². The van der Waals surface area contributed by atoms with E-state index in [9.17, 15) is 15.5 Å². The van der Waals surface area contributed by atoms with Gasteiger partial charge in [0, 0.05) is 37.5 Å². The second kappa shape index (κ2) is 11.0. The van der Waals surface area contributed by atoms with Gasteiger partial charge in [-0.2, -0.15) is 0 Å². The number of hydroxylamine groups is 2. The van der Waals surface area contributed by atoms with Crippen molar-refractivity contribution >= 4 is 0 Å². The minimum absolute atomic E-state index is 0.0744. The van der Waals surface area contributed by atoms with Gasteiger partial charge in [0.25, 0.3) is 0 Å². The molecular weight excluding hydrogens is 440 g/mol. The molecule has 196 valence electrons. The number of aliphatic hydroxyl groups is 1.